The van der Waals surface area contributed by atoms with Gasteiger partial charge in [-0.25, -0.2) is 8.78 Å². The molecule has 1 aromatic carbocycles. The SMILES string of the molecule is Fc1cccc(CCNC2CC2)c1F.O=CO. The van der Waals surface area contributed by atoms with Gasteiger partial charge >= 0.3 is 0 Å². The fourth-order valence-electron chi connectivity index (χ4n) is 1.44. The number of halogens is 2. The maximum atomic E-state index is 13.1. The lowest BCUT2D eigenvalue weighted by molar-refractivity contribution is -0.122. The van der Waals surface area contributed by atoms with E-state index in [9.17, 15) is 8.78 Å². The zero-order valence-corrected chi connectivity index (χ0v) is 9.33. The minimum atomic E-state index is -0.756. The molecule has 1 aliphatic carbocycles. The van der Waals surface area contributed by atoms with Crippen LogP contribution in [-0.2, 0) is 11.2 Å². The molecule has 0 spiro atoms. The van der Waals surface area contributed by atoms with Crippen LogP contribution < -0.4 is 5.32 Å². The second-order valence-electron chi connectivity index (χ2n) is 3.80. The van der Waals surface area contributed by atoms with Gasteiger partial charge in [-0.2, -0.15) is 0 Å². The van der Waals surface area contributed by atoms with Gasteiger partial charge in [0, 0.05) is 6.04 Å². The van der Waals surface area contributed by atoms with Crippen molar-refractivity contribution in [2.45, 2.75) is 25.3 Å². The minimum absolute atomic E-state index is 0.250. The first kappa shape index (κ1) is 13.6. The van der Waals surface area contributed by atoms with Crippen LogP contribution in [0.4, 0.5) is 8.78 Å². The van der Waals surface area contributed by atoms with Crippen molar-refractivity contribution in [3.63, 3.8) is 0 Å². The van der Waals surface area contributed by atoms with Gasteiger partial charge in [0.25, 0.3) is 6.47 Å². The quantitative estimate of drug-likeness (QED) is 0.795. The van der Waals surface area contributed by atoms with Gasteiger partial charge in [-0.15, -0.1) is 0 Å². The van der Waals surface area contributed by atoms with E-state index in [-0.39, 0.29) is 6.47 Å². The molecule has 1 fully saturated rings. The van der Waals surface area contributed by atoms with E-state index in [0.717, 1.165) is 12.6 Å². The van der Waals surface area contributed by atoms with E-state index in [1.807, 2.05) is 0 Å². The van der Waals surface area contributed by atoms with E-state index in [1.165, 1.54) is 12.8 Å². The first-order chi connectivity index (χ1) is 8.19. The Morgan fingerprint density at radius 2 is 2.06 bits per heavy atom. The molecular formula is C12H15F2NO2. The molecule has 94 valence electrons. The minimum Gasteiger partial charge on any atom is -0.483 e. The highest BCUT2D eigenvalue weighted by Crippen LogP contribution is 2.18. The van der Waals surface area contributed by atoms with Crippen molar-refractivity contribution in [3.8, 4) is 0 Å². The van der Waals surface area contributed by atoms with Gasteiger partial charge in [-0.1, -0.05) is 12.1 Å². The van der Waals surface area contributed by atoms with Crippen molar-refractivity contribution in [2.24, 2.45) is 0 Å². The first-order valence-electron chi connectivity index (χ1n) is 5.43. The summed E-state index contributed by atoms with van der Waals surface area (Å²) in [6.07, 6.45) is 2.98. The number of hydrogen-bond donors (Lipinski definition) is 2. The van der Waals surface area contributed by atoms with Crippen LogP contribution >= 0.6 is 0 Å². The molecule has 1 aromatic rings. The molecule has 0 atom stereocenters. The number of carboxylic acid groups (broad SMARTS) is 1. The van der Waals surface area contributed by atoms with Gasteiger partial charge < -0.3 is 10.4 Å². The lowest BCUT2D eigenvalue weighted by Crippen LogP contribution is -2.19. The number of nitrogens with one attached hydrogen (secondary N) is 1. The van der Waals surface area contributed by atoms with E-state index in [2.05, 4.69) is 5.32 Å². The number of benzene rings is 1. The van der Waals surface area contributed by atoms with Gasteiger partial charge in [-0.05, 0) is 37.4 Å². The van der Waals surface area contributed by atoms with Crippen molar-refractivity contribution in [1.82, 2.24) is 5.32 Å². The molecule has 0 amide bonds. The summed E-state index contributed by atoms with van der Waals surface area (Å²) in [5, 5.41) is 10.2. The summed E-state index contributed by atoms with van der Waals surface area (Å²) < 4.78 is 25.9. The zero-order valence-electron chi connectivity index (χ0n) is 9.33. The standard InChI is InChI=1S/C11H13F2N.CH2O2/c12-10-3-1-2-8(11(10)13)6-7-14-9-4-5-9;2-1-3/h1-3,9,14H,4-7H2;1H,(H,2,3). The fraction of sp³-hybridized carbons (Fsp3) is 0.417. The Kier molecular flexibility index (Phi) is 5.56. The Balaban J connectivity index is 0.000000437. The summed E-state index contributed by atoms with van der Waals surface area (Å²) in [4.78, 5) is 8.36. The molecule has 3 nitrogen and oxygen atoms in total. The molecule has 0 unspecified atom stereocenters. The fourth-order valence-corrected chi connectivity index (χ4v) is 1.44. The lowest BCUT2D eigenvalue weighted by Gasteiger charge is -2.04. The van der Waals surface area contributed by atoms with E-state index in [1.54, 1.807) is 12.1 Å². The van der Waals surface area contributed by atoms with Crippen LogP contribution in [0.3, 0.4) is 0 Å². The highest BCUT2D eigenvalue weighted by Gasteiger charge is 2.19. The summed E-state index contributed by atoms with van der Waals surface area (Å²) in [5.74, 6) is -1.46. The van der Waals surface area contributed by atoms with Crippen LogP contribution in [0.2, 0.25) is 0 Å². The maximum absolute atomic E-state index is 13.1. The third-order valence-corrected chi connectivity index (χ3v) is 2.44. The van der Waals surface area contributed by atoms with Gasteiger partial charge in [0.15, 0.2) is 11.6 Å². The van der Waals surface area contributed by atoms with Crippen molar-refractivity contribution in [3.05, 3.63) is 35.4 Å². The molecule has 17 heavy (non-hydrogen) atoms. The van der Waals surface area contributed by atoms with E-state index in [4.69, 9.17) is 9.90 Å². The van der Waals surface area contributed by atoms with Crippen LogP contribution in [0.25, 0.3) is 0 Å². The Morgan fingerprint density at radius 1 is 1.41 bits per heavy atom. The van der Waals surface area contributed by atoms with Crippen LogP contribution in [0.5, 0.6) is 0 Å². The average molecular weight is 243 g/mol. The maximum Gasteiger partial charge on any atom is 0.290 e. The third kappa shape index (κ3) is 4.91. The number of rotatable bonds is 4. The van der Waals surface area contributed by atoms with Crippen LogP contribution in [0.1, 0.15) is 18.4 Å². The van der Waals surface area contributed by atoms with Crippen LogP contribution in [0, 0.1) is 11.6 Å². The lowest BCUT2D eigenvalue weighted by atomic mass is 10.1. The second-order valence-corrected chi connectivity index (χ2v) is 3.80. The monoisotopic (exact) mass is 243 g/mol. The Morgan fingerprint density at radius 3 is 2.65 bits per heavy atom. The van der Waals surface area contributed by atoms with Crippen molar-refractivity contribution >= 4 is 6.47 Å². The predicted molar refractivity (Wildman–Crippen MR) is 59.8 cm³/mol. The van der Waals surface area contributed by atoms with Crippen LogP contribution in [-0.4, -0.2) is 24.2 Å². The van der Waals surface area contributed by atoms with Crippen molar-refractivity contribution < 1.29 is 18.7 Å². The molecule has 0 radical (unpaired) electrons. The second kappa shape index (κ2) is 6.96. The predicted octanol–water partition coefficient (Wildman–Crippen LogP) is 1.96. The molecule has 0 aliphatic heterocycles. The average Bonchev–Trinajstić information content (AvgIpc) is 3.09. The third-order valence-electron chi connectivity index (χ3n) is 2.44. The molecule has 0 aromatic heterocycles. The summed E-state index contributed by atoms with van der Waals surface area (Å²) in [5.41, 5.74) is 0.457. The zero-order chi connectivity index (χ0) is 12.7. The molecule has 1 saturated carbocycles. The largest absolute Gasteiger partial charge is 0.483 e. The Hall–Kier alpha value is -1.49. The molecule has 2 rings (SSSR count). The number of carbonyl (C=O) groups is 1. The van der Waals surface area contributed by atoms with Gasteiger partial charge in [0.1, 0.15) is 0 Å². The highest BCUT2D eigenvalue weighted by atomic mass is 19.2. The van der Waals surface area contributed by atoms with E-state index >= 15 is 0 Å². The Bertz CT molecular complexity index is 368. The van der Waals surface area contributed by atoms with E-state index < -0.39 is 11.6 Å². The first-order valence-corrected chi connectivity index (χ1v) is 5.43. The summed E-state index contributed by atoms with van der Waals surface area (Å²) in [6, 6.07) is 4.94. The molecule has 0 heterocycles. The molecule has 5 heteroatoms. The smallest absolute Gasteiger partial charge is 0.290 e. The van der Waals surface area contributed by atoms with E-state index in [0.29, 0.717) is 18.0 Å². The van der Waals surface area contributed by atoms with Gasteiger partial charge in [0.2, 0.25) is 0 Å². The Labute approximate surface area is 98.5 Å². The summed E-state index contributed by atoms with van der Waals surface area (Å²) in [7, 11) is 0. The molecule has 0 bridgehead atoms. The van der Waals surface area contributed by atoms with Gasteiger partial charge in [-0.3, -0.25) is 4.79 Å². The highest BCUT2D eigenvalue weighted by molar-refractivity contribution is 5.32. The topological polar surface area (TPSA) is 49.3 Å². The van der Waals surface area contributed by atoms with Crippen molar-refractivity contribution in [1.29, 1.82) is 0 Å². The normalized spacial score (nSPS) is 13.8. The summed E-state index contributed by atoms with van der Waals surface area (Å²) >= 11 is 0. The summed E-state index contributed by atoms with van der Waals surface area (Å²) in [6.45, 7) is 0.477. The molecular weight excluding hydrogens is 228 g/mol. The molecule has 1 aliphatic rings. The number of hydrogen-bond acceptors (Lipinski definition) is 2. The van der Waals surface area contributed by atoms with Crippen LogP contribution in [0.15, 0.2) is 18.2 Å². The molecule has 2 N–H and O–H groups in total. The molecule has 0 saturated heterocycles. The van der Waals surface area contributed by atoms with Gasteiger partial charge in [0.05, 0.1) is 0 Å². The van der Waals surface area contributed by atoms with Crippen molar-refractivity contribution in [2.75, 3.05) is 6.54 Å².